The summed E-state index contributed by atoms with van der Waals surface area (Å²) < 4.78 is 10.6. The van der Waals surface area contributed by atoms with E-state index in [2.05, 4.69) is 22.1 Å². The molecule has 0 amide bonds. The quantitative estimate of drug-likeness (QED) is 0.632. The second-order valence-corrected chi connectivity index (χ2v) is 7.15. The van der Waals surface area contributed by atoms with Crippen LogP contribution in [0.2, 0.25) is 0 Å². The van der Waals surface area contributed by atoms with Gasteiger partial charge in [0.15, 0.2) is 16.7 Å². The van der Waals surface area contributed by atoms with Crippen LogP contribution < -0.4 is 15.0 Å². The van der Waals surface area contributed by atoms with Crippen LogP contribution in [0.1, 0.15) is 30.5 Å². The highest BCUT2D eigenvalue weighted by Gasteiger charge is 2.13. The summed E-state index contributed by atoms with van der Waals surface area (Å²) in [7, 11) is 3.22. The van der Waals surface area contributed by atoms with Gasteiger partial charge in [0.2, 0.25) is 0 Å². The number of hydrogen-bond acceptors (Lipinski definition) is 5. The number of H-pyrrole nitrogens is 1. The van der Waals surface area contributed by atoms with Crippen LogP contribution in [0.4, 0.5) is 0 Å². The van der Waals surface area contributed by atoms with Gasteiger partial charge < -0.3 is 14.5 Å². The van der Waals surface area contributed by atoms with Crippen LogP contribution in [0, 0.1) is 0 Å². The number of rotatable bonds is 6. The Labute approximate surface area is 151 Å². The maximum absolute atomic E-state index is 12.0. The average molecular weight is 358 g/mol. The van der Waals surface area contributed by atoms with Crippen molar-refractivity contribution >= 4 is 11.8 Å². The number of benzene rings is 1. The Bertz CT molecular complexity index is 817. The summed E-state index contributed by atoms with van der Waals surface area (Å²) in [6.07, 6.45) is 8.41. The lowest BCUT2D eigenvalue weighted by Crippen LogP contribution is -2.12. The van der Waals surface area contributed by atoms with Crippen molar-refractivity contribution in [3.63, 3.8) is 0 Å². The van der Waals surface area contributed by atoms with Crippen molar-refractivity contribution in [2.45, 2.75) is 36.1 Å². The molecule has 0 fully saturated rings. The van der Waals surface area contributed by atoms with E-state index < -0.39 is 0 Å². The zero-order valence-electron chi connectivity index (χ0n) is 14.5. The first-order chi connectivity index (χ1) is 12.2. The molecule has 1 heterocycles. The summed E-state index contributed by atoms with van der Waals surface area (Å²) >= 11 is 1.62. The van der Waals surface area contributed by atoms with Gasteiger partial charge >= 0.3 is 0 Å². The van der Waals surface area contributed by atoms with E-state index in [1.54, 1.807) is 32.0 Å². The predicted octanol–water partition coefficient (Wildman–Crippen LogP) is 3.58. The summed E-state index contributed by atoms with van der Waals surface area (Å²) in [4.78, 5) is 19.5. The van der Waals surface area contributed by atoms with Crippen molar-refractivity contribution in [2.24, 2.45) is 0 Å². The maximum atomic E-state index is 12.0. The van der Waals surface area contributed by atoms with Gasteiger partial charge in [0.25, 0.3) is 5.56 Å². The van der Waals surface area contributed by atoms with Gasteiger partial charge in [-0.15, -0.1) is 0 Å². The van der Waals surface area contributed by atoms with Gasteiger partial charge in [-0.05, 0) is 37.0 Å². The zero-order chi connectivity index (χ0) is 17.6. The summed E-state index contributed by atoms with van der Waals surface area (Å²) in [5, 5.41) is 1.06. The Morgan fingerprint density at radius 2 is 2.08 bits per heavy atom. The van der Waals surface area contributed by atoms with Gasteiger partial charge in [0, 0.05) is 17.7 Å². The predicted molar refractivity (Wildman–Crippen MR) is 99.8 cm³/mol. The van der Waals surface area contributed by atoms with E-state index in [-0.39, 0.29) is 5.56 Å². The number of ether oxygens (including phenoxy) is 2. The minimum atomic E-state index is -0.118. The van der Waals surface area contributed by atoms with Crippen LogP contribution in [-0.2, 0) is 6.42 Å². The fraction of sp³-hybridized carbons (Fsp3) is 0.368. The molecule has 0 bridgehead atoms. The smallest absolute Gasteiger partial charge is 0.251 e. The molecule has 0 spiro atoms. The van der Waals surface area contributed by atoms with E-state index in [9.17, 15) is 4.79 Å². The number of nitrogens with zero attached hydrogens (tertiary/aromatic N) is 1. The van der Waals surface area contributed by atoms with E-state index in [1.807, 2.05) is 18.2 Å². The van der Waals surface area contributed by atoms with Crippen LogP contribution in [0.5, 0.6) is 11.5 Å². The fourth-order valence-corrected chi connectivity index (χ4v) is 3.94. The number of hydrogen-bond donors (Lipinski definition) is 1. The van der Waals surface area contributed by atoms with Crippen molar-refractivity contribution < 1.29 is 9.47 Å². The highest BCUT2D eigenvalue weighted by Crippen LogP contribution is 2.29. The van der Waals surface area contributed by atoms with Crippen molar-refractivity contribution in [3.8, 4) is 11.5 Å². The van der Waals surface area contributed by atoms with E-state index in [0.29, 0.717) is 28.3 Å². The van der Waals surface area contributed by atoms with Gasteiger partial charge in [-0.2, -0.15) is 0 Å². The number of allylic oxidation sites excluding steroid dienone is 1. The molecule has 1 aromatic carbocycles. The SMILES string of the molecule is COc1ccc(Cc2cc(=O)[nH]c(SC3C=CCCC3)n2)cc1OC. The molecule has 25 heavy (non-hydrogen) atoms. The normalized spacial score (nSPS) is 16.6. The molecule has 0 saturated carbocycles. The van der Waals surface area contributed by atoms with E-state index >= 15 is 0 Å². The lowest BCUT2D eigenvalue weighted by atomic mass is 10.1. The van der Waals surface area contributed by atoms with Crippen molar-refractivity contribution in [2.75, 3.05) is 14.2 Å². The third-order valence-electron chi connectivity index (χ3n) is 4.08. The molecule has 132 valence electrons. The highest BCUT2D eigenvalue weighted by molar-refractivity contribution is 7.99. The summed E-state index contributed by atoms with van der Waals surface area (Å²) in [5.74, 6) is 1.36. The topological polar surface area (TPSA) is 64.2 Å². The van der Waals surface area contributed by atoms with Gasteiger partial charge in [0.05, 0.1) is 19.9 Å². The van der Waals surface area contributed by atoms with Crippen molar-refractivity contribution in [1.29, 1.82) is 0 Å². The number of aromatic amines is 1. The second kappa shape index (κ2) is 8.25. The Morgan fingerprint density at radius 3 is 2.80 bits per heavy atom. The minimum Gasteiger partial charge on any atom is -0.493 e. The summed E-state index contributed by atoms with van der Waals surface area (Å²) in [6, 6.07) is 7.29. The van der Waals surface area contributed by atoms with Gasteiger partial charge in [-0.1, -0.05) is 30.0 Å². The van der Waals surface area contributed by atoms with Gasteiger partial charge in [-0.3, -0.25) is 4.79 Å². The van der Waals surface area contributed by atoms with Crippen LogP contribution in [0.15, 0.2) is 46.4 Å². The van der Waals surface area contributed by atoms with E-state index in [0.717, 1.165) is 24.1 Å². The fourth-order valence-electron chi connectivity index (χ4n) is 2.85. The van der Waals surface area contributed by atoms with Gasteiger partial charge in [0.1, 0.15) is 0 Å². The largest absolute Gasteiger partial charge is 0.493 e. The first-order valence-electron chi connectivity index (χ1n) is 8.32. The molecule has 1 aliphatic carbocycles. The average Bonchev–Trinajstić information content (AvgIpc) is 2.62. The molecular weight excluding hydrogens is 336 g/mol. The molecule has 1 aromatic heterocycles. The molecule has 2 aromatic rings. The molecule has 5 nitrogen and oxygen atoms in total. The first kappa shape index (κ1) is 17.6. The van der Waals surface area contributed by atoms with E-state index in [4.69, 9.17) is 9.47 Å². The molecule has 6 heteroatoms. The number of aromatic nitrogens is 2. The number of thioether (sulfide) groups is 1. The summed E-state index contributed by atoms with van der Waals surface area (Å²) in [6.45, 7) is 0. The van der Waals surface area contributed by atoms with Crippen LogP contribution >= 0.6 is 11.8 Å². The maximum Gasteiger partial charge on any atom is 0.251 e. The first-order valence-corrected chi connectivity index (χ1v) is 9.20. The van der Waals surface area contributed by atoms with Crippen LogP contribution in [0.3, 0.4) is 0 Å². The Kier molecular flexibility index (Phi) is 5.81. The number of methoxy groups -OCH3 is 2. The third-order valence-corrected chi connectivity index (χ3v) is 5.19. The highest BCUT2D eigenvalue weighted by atomic mass is 32.2. The van der Waals surface area contributed by atoms with Crippen LogP contribution in [-0.4, -0.2) is 29.4 Å². The molecule has 1 aliphatic rings. The molecular formula is C19H22N2O3S. The Morgan fingerprint density at radius 1 is 1.24 bits per heavy atom. The lowest BCUT2D eigenvalue weighted by Gasteiger charge is -2.15. The van der Waals surface area contributed by atoms with Crippen molar-refractivity contribution in [1.82, 2.24) is 9.97 Å². The molecule has 0 saturated heterocycles. The van der Waals surface area contributed by atoms with Crippen molar-refractivity contribution in [3.05, 3.63) is 58.0 Å². The molecule has 1 N–H and O–H groups in total. The third kappa shape index (κ3) is 4.66. The molecule has 3 rings (SSSR count). The molecule has 0 aliphatic heterocycles. The molecule has 0 radical (unpaired) electrons. The second-order valence-electron chi connectivity index (χ2n) is 5.92. The minimum absolute atomic E-state index is 0.118. The standard InChI is InChI=1S/C19H22N2O3S/c1-23-16-9-8-13(11-17(16)24-2)10-14-12-18(22)21-19(20-14)25-15-6-4-3-5-7-15/h4,6,8-9,11-12,15H,3,5,7,10H2,1-2H3,(H,20,21,22). The number of nitrogens with one attached hydrogen (secondary N) is 1. The molecule has 1 unspecified atom stereocenters. The van der Waals surface area contributed by atoms with Gasteiger partial charge in [-0.25, -0.2) is 4.98 Å². The Hall–Kier alpha value is -2.21. The zero-order valence-corrected chi connectivity index (χ0v) is 15.3. The monoisotopic (exact) mass is 358 g/mol. The molecule has 1 atom stereocenters. The lowest BCUT2D eigenvalue weighted by molar-refractivity contribution is 0.354. The summed E-state index contributed by atoms with van der Waals surface area (Å²) in [5.41, 5.74) is 1.65. The van der Waals surface area contributed by atoms with E-state index in [1.165, 1.54) is 6.42 Å². The van der Waals surface area contributed by atoms with Crippen LogP contribution in [0.25, 0.3) is 0 Å². The Balaban J connectivity index is 1.79.